The maximum Gasteiger partial charge on any atom is 0.358 e. The van der Waals surface area contributed by atoms with Crippen LogP contribution in [0.3, 0.4) is 0 Å². The van der Waals surface area contributed by atoms with Crippen LogP contribution in [0.25, 0.3) is 11.4 Å². The summed E-state index contributed by atoms with van der Waals surface area (Å²) < 4.78 is 14.6. The molecule has 2 N–H and O–H groups in total. The van der Waals surface area contributed by atoms with E-state index < -0.39 is 5.97 Å². The predicted molar refractivity (Wildman–Crippen MR) is 76.9 cm³/mol. The number of aromatic nitrogens is 4. The predicted octanol–water partition coefficient (Wildman–Crippen LogP) is 0.973. The average Bonchev–Trinajstić information content (AvgIpc) is 2.55. The van der Waals surface area contributed by atoms with Crippen LogP contribution in [0.5, 0.6) is 11.9 Å². The summed E-state index contributed by atoms with van der Waals surface area (Å²) in [6.45, 7) is 0. The minimum atomic E-state index is -0.742. The minimum absolute atomic E-state index is 0.0711. The standard InChI is InChI=1S/C12H12ClN5O4/c1-20-10-5(4-15-12(18-10)22-3)9-16-7(11(19)21-2)6(13)8(14)17-9/h4H,1-3H3,(H2,14,16,17). The largest absolute Gasteiger partial charge is 0.480 e. The van der Waals surface area contributed by atoms with Gasteiger partial charge >= 0.3 is 12.0 Å². The Labute approximate surface area is 130 Å². The molecular weight excluding hydrogens is 314 g/mol. The van der Waals surface area contributed by atoms with Crippen LogP contribution in [0.15, 0.2) is 6.20 Å². The molecule has 2 aromatic rings. The third-order valence-corrected chi connectivity index (χ3v) is 2.98. The molecule has 116 valence electrons. The molecular formula is C12H12ClN5O4. The first-order chi connectivity index (χ1) is 10.5. The van der Waals surface area contributed by atoms with Gasteiger partial charge in [0.2, 0.25) is 5.88 Å². The second kappa shape index (κ2) is 6.39. The van der Waals surface area contributed by atoms with Gasteiger partial charge in [-0.15, -0.1) is 0 Å². The fraction of sp³-hybridized carbons (Fsp3) is 0.250. The van der Waals surface area contributed by atoms with Gasteiger partial charge in [-0.2, -0.15) is 4.98 Å². The Morgan fingerprint density at radius 1 is 1.18 bits per heavy atom. The molecule has 0 aromatic carbocycles. The summed E-state index contributed by atoms with van der Waals surface area (Å²) in [7, 11) is 4.03. The lowest BCUT2D eigenvalue weighted by atomic mass is 10.2. The molecule has 0 atom stereocenters. The summed E-state index contributed by atoms with van der Waals surface area (Å²) in [5.74, 6) is -0.593. The zero-order valence-corrected chi connectivity index (χ0v) is 12.7. The van der Waals surface area contributed by atoms with Crippen molar-refractivity contribution in [3.05, 3.63) is 16.9 Å². The van der Waals surface area contributed by atoms with Crippen molar-refractivity contribution in [3.8, 4) is 23.3 Å². The highest BCUT2D eigenvalue weighted by molar-refractivity contribution is 6.35. The lowest BCUT2D eigenvalue weighted by molar-refractivity contribution is 0.0594. The molecule has 0 saturated heterocycles. The molecule has 0 aliphatic heterocycles. The van der Waals surface area contributed by atoms with Crippen LogP contribution in [0, 0.1) is 0 Å². The summed E-state index contributed by atoms with van der Waals surface area (Å²) in [6, 6.07) is 0.107. The van der Waals surface area contributed by atoms with Crippen molar-refractivity contribution in [2.75, 3.05) is 27.1 Å². The van der Waals surface area contributed by atoms with Crippen molar-refractivity contribution in [2.24, 2.45) is 0 Å². The van der Waals surface area contributed by atoms with E-state index in [0.717, 1.165) is 0 Å². The molecule has 0 amide bonds. The van der Waals surface area contributed by atoms with Crippen molar-refractivity contribution < 1.29 is 19.0 Å². The van der Waals surface area contributed by atoms with Gasteiger partial charge < -0.3 is 19.9 Å². The summed E-state index contributed by atoms with van der Waals surface area (Å²) in [4.78, 5) is 27.7. The van der Waals surface area contributed by atoms with Crippen molar-refractivity contribution >= 4 is 23.4 Å². The molecule has 2 rings (SSSR count). The third kappa shape index (κ3) is 2.84. The van der Waals surface area contributed by atoms with E-state index in [1.54, 1.807) is 0 Å². The Kier molecular flexibility index (Phi) is 4.56. The Balaban J connectivity index is 2.63. The first-order valence-electron chi connectivity index (χ1n) is 5.88. The van der Waals surface area contributed by atoms with Crippen molar-refractivity contribution in [3.63, 3.8) is 0 Å². The quantitative estimate of drug-likeness (QED) is 0.819. The zero-order valence-electron chi connectivity index (χ0n) is 12.0. The second-order valence-corrected chi connectivity index (χ2v) is 4.24. The average molecular weight is 326 g/mol. The lowest BCUT2D eigenvalue weighted by Gasteiger charge is -2.10. The number of halogens is 1. The first-order valence-corrected chi connectivity index (χ1v) is 6.26. The number of rotatable bonds is 4. The highest BCUT2D eigenvalue weighted by atomic mass is 35.5. The number of nitrogens with zero attached hydrogens (tertiary/aromatic N) is 4. The smallest absolute Gasteiger partial charge is 0.358 e. The molecule has 9 nitrogen and oxygen atoms in total. The number of nitrogen functional groups attached to an aromatic ring is 1. The summed E-state index contributed by atoms with van der Waals surface area (Å²) in [5.41, 5.74) is 5.86. The molecule has 0 spiro atoms. The van der Waals surface area contributed by atoms with E-state index in [-0.39, 0.29) is 34.2 Å². The SMILES string of the molecule is COC(=O)c1nc(-c2cnc(OC)nc2OC)nc(N)c1Cl. The number of anilines is 1. The second-order valence-electron chi connectivity index (χ2n) is 3.87. The third-order valence-electron chi connectivity index (χ3n) is 2.60. The molecule has 22 heavy (non-hydrogen) atoms. The van der Waals surface area contributed by atoms with Crippen molar-refractivity contribution in [1.82, 2.24) is 19.9 Å². The number of hydrogen-bond donors (Lipinski definition) is 1. The van der Waals surface area contributed by atoms with Crippen molar-refractivity contribution in [1.29, 1.82) is 0 Å². The number of methoxy groups -OCH3 is 3. The van der Waals surface area contributed by atoms with Crippen LogP contribution < -0.4 is 15.2 Å². The van der Waals surface area contributed by atoms with Gasteiger partial charge in [-0.25, -0.2) is 19.7 Å². The Bertz CT molecular complexity index is 725. The van der Waals surface area contributed by atoms with Crippen LogP contribution in [-0.4, -0.2) is 47.2 Å². The number of esters is 1. The highest BCUT2D eigenvalue weighted by Gasteiger charge is 2.21. The van der Waals surface area contributed by atoms with Crippen LogP contribution in [0.1, 0.15) is 10.5 Å². The van der Waals surface area contributed by atoms with Gasteiger partial charge in [-0.05, 0) is 0 Å². The van der Waals surface area contributed by atoms with Gasteiger partial charge in [0.05, 0.1) is 21.3 Å². The number of nitrogens with two attached hydrogens (primary N) is 1. The van der Waals surface area contributed by atoms with Crippen molar-refractivity contribution in [2.45, 2.75) is 0 Å². The van der Waals surface area contributed by atoms with Gasteiger partial charge in [-0.3, -0.25) is 0 Å². The molecule has 0 saturated carbocycles. The van der Waals surface area contributed by atoms with E-state index in [1.807, 2.05) is 0 Å². The number of carbonyl (C=O) groups is 1. The van der Waals surface area contributed by atoms with Crippen LogP contribution in [0.2, 0.25) is 5.02 Å². The van der Waals surface area contributed by atoms with E-state index in [9.17, 15) is 4.79 Å². The molecule has 0 unspecified atom stereocenters. The topological polar surface area (TPSA) is 122 Å². The molecule has 2 heterocycles. The van der Waals surface area contributed by atoms with Gasteiger partial charge in [0.1, 0.15) is 16.4 Å². The van der Waals surface area contributed by atoms with E-state index in [1.165, 1.54) is 27.5 Å². The molecule has 0 bridgehead atoms. The van der Waals surface area contributed by atoms with Gasteiger partial charge in [0.15, 0.2) is 11.5 Å². The van der Waals surface area contributed by atoms with Gasteiger partial charge in [0.25, 0.3) is 0 Å². The normalized spacial score (nSPS) is 10.2. The molecule has 2 aromatic heterocycles. The minimum Gasteiger partial charge on any atom is -0.480 e. The lowest BCUT2D eigenvalue weighted by Crippen LogP contribution is -2.10. The Hall–Kier alpha value is -2.68. The fourth-order valence-electron chi connectivity index (χ4n) is 1.58. The maximum atomic E-state index is 11.7. The molecule has 0 radical (unpaired) electrons. The van der Waals surface area contributed by atoms with E-state index >= 15 is 0 Å². The molecule has 10 heteroatoms. The van der Waals surface area contributed by atoms with Gasteiger partial charge in [-0.1, -0.05) is 11.6 Å². The molecule has 0 aliphatic rings. The van der Waals surface area contributed by atoms with Crippen LogP contribution in [-0.2, 0) is 4.74 Å². The number of ether oxygens (including phenoxy) is 3. The Morgan fingerprint density at radius 3 is 2.50 bits per heavy atom. The number of carbonyl (C=O) groups excluding carboxylic acids is 1. The van der Waals surface area contributed by atoms with E-state index in [4.69, 9.17) is 26.8 Å². The molecule has 0 fully saturated rings. The highest BCUT2D eigenvalue weighted by Crippen LogP contribution is 2.30. The Morgan fingerprint density at radius 2 is 1.91 bits per heavy atom. The van der Waals surface area contributed by atoms with Gasteiger partial charge in [0, 0.05) is 6.20 Å². The van der Waals surface area contributed by atoms with Crippen LogP contribution in [0.4, 0.5) is 5.82 Å². The first kappa shape index (κ1) is 15.7. The van der Waals surface area contributed by atoms with Crippen LogP contribution >= 0.6 is 11.6 Å². The van der Waals surface area contributed by atoms with E-state index in [2.05, 4.69) is 24.7 Å². The summed E-state index contributed by atoms with van der Waals surface area (Å²) in [6.07, 6.45) is 1.38. The maximum absolute atomic E-state index is 11.7. The zero-order chi connectivity index (χ0) is 16.3. The fourth-order valence-corrected chi connectivity index (χ4v) is 1.74. The number of hydrogen-bond acceptors (Lipinski definition) is 9. The van der Waals surface area contributed by atoms with E-state index in [0.29, 0.717) is 5.56 Å². The monoisotopic (exact) mass is 325 g/mol. The summed E-state index contributed by atoms with van der Waals surface area (Å²) in [5, 5.41) is -0.0935. The summed E-state index contributed by atoms with van der Waals surface area (Å²) >= 11 is 5.91. The molecule has 0 aliphatic carbocycles.